The molecule has 0 amide bonds. The number of aromatic hydroxyl groups is 1. The monoisotopic (exact) mass is 220 g/mol. The Balaban J connectivity index is 2.52. The molecule has 16 heavy (non-hydrogen) atoms. The van der Waals surface area contributed by atoms with Crippen LogP contribution in [-0.4, -0.2) is 18.8 Å². The Hall–Kier alpha value is -1.73. The lowest BCUT2D eigenvalue weighted by Gasteiger charge is -2.08. The molecule has 1 aromatic rings. The summed E-state index contributed by atoms with van der Waals surface area (Å²) in [5, 5.41) is 21.4. The number of nitrogens with zero attached hydrogens (tertiary/aromatic N) is 1. The van der Waals surface area contributed by atoms with Gasteiger partial charge in [0.1, 0.15) is 11.5 Å². The highest BCUT2D eigenvalue weighted by Crippen LogP contribution is 2.22. The Morgan fingerprint density at radius 2 is 2.31 bits per heavy atom. The fraction of sp³-hybridized carbons (Fsp3) is 0.417. The van der Waals surface area contributed by atoms with Crippen LogP contribution in [0, 0.1) is 17.2 Å². The molecule has 0 aliphatic rings. The van der Waals surface area contributed by atoms with Crippen LogP contribution in [0.25, 0.3) is 0 Å². The Kier molecular flexibility index (Phi) is 4.62. The van der Waals surface area contributed by atoms with Gasteiger partial charge in [-0.15, -0.1) is 0 Å². The van der Waals surface area contributed by atoms with Crippen LogP contribution in [0.4, 0.5) is 0 Å². The predicted octanol–water partition coefficient (Wildman–Crippen LogP) is 1.65. The van der Waals surface area contributed by atoms with Gasteiger partial charge in [0, 0.05) is 24.7 Å². The molecule has 86 valence electrons. The largest absolute Gasteiger partial charge is 0.507 e. The van der Waals surface area contributed by atoms with Crippen LogP contribution >= 0.6 is 0 Å². The summed E-state index contributed by atoms with van der Waals surface area (Å²) < 4.78 is 4.99. The van der Waals surface area contributed by atoms with E-state index < -0.39 is 0 Å². The Bertz CT molecular complexity index is 385. The van der Waals surface area contributed by atoms with Gasteiger partial charge in [-0.05, 0) is 13.0 Å². The van der Waals surface area contributed by atoms with Crippen LogP contribution in [0.15, 0.2) is 18.2 Å². The zero-order chi connectivity index (χ0) is 12.0. The van der Waals surface area contributed by atoms with Gasteiger partial charge in [0.2, 0.25) is 0 Å². The summed E-state index contributed by atoms with van der Waals surface area (Å²) in [6.45, 7) is 3.00. The lowest BCUT2D eigenvalue weighted by Crippen LogP contribution is -2.19. The average Bonchev–Trinajstić information content (AvgIpc) is 2.30. The van der Waals surface area contributed by atoms with E-state index in [4.69, 9.17) is 10.00 Å². The number of nitriles is 1. The molecule has 0 aromatic heterocycles. The minimum atomic E-state index is -0.0274. The van der Waals surface area contributed by atoms with Crippen molar-refractivity contribution in [3.05, 3.63) is 23.8 Å². The second-order valence-electron chi connectivity index (χ2n) is 3.66. The highest BCUT2D eigenvalue weighted by Gasteiger charge is 2.04. The summed E-state index contributed by atoms with van der Waals surface area (Å²) in [6, 6.07) is 7.31. The molecule has 1 rings (SSSR count). The lowest BCUT2D eigenvalue weighted by molar-refractivity contribution is 0.405. The topological polar surface area (TPSA) is 65.3 Å². The summed E-state index contributed by atoms with van der Waals surface area (Å²) in [7, 11) is 1.56. The second kappa shape index (κ2) is 5.99. The maximum Gasteiger partial charge on any atom is 0.123 e. The van der Waals surface area contributed by atoms with Crippen molar-refractivity contribution in [3.63, 3.8) is 0 Å². The molecule has 0 saturated carbocycles. The molecule has 0 fully saturated rings. The van der Waals surface area contributed by atoms with E-state index >= 15 is 0 Å². The fourth-order valence-electron chi connectivity index (χ4n) is 1.29. The van der Waals surface area contributed by atoms with Crippen molar-refractivity contribution in [1.29, 1.82) is 5.26 Å². The third kappa shape index (κ3) is 3.44. The van der Waals surface area contributed by atoms with Crippen molar-refractivity contribution in [3.8, 4) is 17.6 Å². The summed E-state index contributed by atoms with van der Waals surface area (Å²) in [5.74, 6) is 0.809. The van der Waals surface area contributed by atoms with Gasteiger partial charge in [-0.3, -0.25) is 0 Å². The molecule has 0 saturated heterocycles. The fourth-order valence-corrected chi connectivity index (χ4v) is 1.29. The van der Waals surface area contributed by atoms with E-state index in [1.165, 1.54) is 0 Å². The van der Waals surface area contributed by atoms with Gasteiger partial charge in [-0.1, -0.05) is 6.07 Å². The van der Waals surface area contributed by atoms with Gasteiger partial charge in [0.05, 0.1) is 19.1 Å². The minimum absolute atomic E-state index is 0.0274. The zero-order valence-electron chi connectivity index (χ0n) is 9.53. The van der Waals surface area contributed by atoms with Gasteiger partial charge >= 0.3 is 0 Å². The van der Waals surface area contributed by atoms with Crippen LogP contribution < -0.4 is 10.1 Å². The molecule has 1 unspecified atom stereocenters. The standard InChI is InChI=1S/C12H16N2O2/c1-9(6-13)7-14-8-10-3-4-11(16-2)5-12(10)15/h3-5,9,14-15H,7-8H2,1-2H3. The molecule has 0 radical (unpaired) electrons. The number of methoxy groups -OCH3 is 1. The van der Waals surface area contributed by atoms with Gasteiger partial charge in [0.15, 0.2) is 0 Å². The maximum absolute atomic E-state index is 9.66. The number of nitrogens with one attached hydrogen (secondary N) is 1. The molecule has 0 bridgehead atoms. The lowest BCUT2D eigenvalue weighted by atomic mass is 10.1. The van der Waals surface area contributed by atoms with E-state index in [0.717, 1.165) is 5.56 Å². The molecule has 0 spiro atoms. The number of phenols is 1. The van der Waals surface area contributed by atoms with Crippen LogP contribution in [0.1, 0.15) is 12.5 Å². The number of benzene rings is 1. The van der Waals surface area contributed by atoms with Crippen LogP contribution in [0.2, 0.25) is 0 Å². The summed E-state index contributed by atoms with van der Waals surface area (Å²) in [5.41, 5.74) is 0.797. The molecule has 1 aromatic carbocycles. The Morgan fingerprint density at radius 3 is 2.88 bits per heavy atom. The number of ether oxygens (including phenoxy) is 1. The third-order valence-electron chi connectivity index (χ3n) is 2.28. The molecule has 0 heterocycles. The first-order valence-electron chi connectivity index (χ1n) is 5.13. The number of hydrogen-bond acceptors (Lipinski definition) is 4. The first-order chi connectivity index (χ1) is 7.67. The molecule has 2 N–H and O–H groups in total. The number of rotatable bonds is 5. The van der Waals surface area contributed by atoms with Crippen molar-refractivity contribution in [2.75, 3.05) is 13.7 Å². The highest BCUT2D eigenvalue weighted by molar-refractivity contribution is 5.39. The summed E-state index contributed by atoms with van der Waals surface area (Å²) in [4.78, 5) is 0. The van der Waals surface area contributed by atoms with Crippen LogP contribution in [0.3, 0.4) is 0 Å². The minimum Gasteiger partial charge on any atom is -0.507 e. The first-order valence-corrected chi connectivity index (χ1v) is 5.13. The normalized spacial score (nSPS) is 11.8. The quantitative estimate of drug-likeness (QED) is 0.792. The van der Waals surface area contributed by atoms with Crippen molar-refractivity contribution in [2.24, 2.45) is 5.92 Å². The Morgan fingerprint density at radius 1 is 1.56 bits per heavy atom. The second-order valence-corrected chi connectivity index (χ2v) is 3.66. The van der Waals surface area contributed by atoms with E-state index in [9.17, 15) is 5.11 Å². The highest BCUT2D eigenvalue weighted by atomic mass is 16.5. The molecular weight excluding hydrogens is 204 g/mol. The van der Waals surface area contributed by atoms with Crippen LogP contribution in [0.5, 0.6) is 11.5 Å². The molecular formula is C12H16N2O2. The van der Waals surface area contributed by atoms with Crippen molar-refractivity contribution in [1.82, 2.24) is 5.32 Å². The summed E-state index contributed by atoms with van der Waals surface area (Å²) in [6.07, 6.45) is 0. The van der Waals surface area contributed by atoms with Crippen molar-refractivity contribution >= 4 is 0 Å². The van der Waals surface area contributed by atoms with Gasteiger partial charge < -0.3 is 15.2 Å². The molecule has 0 aliphatic heterocycles. The maximum atomic E-state index is 9.66. The summed E-state index contributed by atoms with van der Waals surface area (Å²) >= 11 is 0. The molecule has 0 aliphatic carbocycles. The zero-order valence-corrected chi connectivity index (χ0v) is 9.53. The Labute approximate surface area is 95.5 Å². The molecule has 1 atom stereocenters. The predicted molar refractivity (Wildman–Crippen MR) is 61.1 cm³/mol. The van der Waals surface area contributed by atoms with Crippen molar-refractivity contribution in [2.45, 2.75) is 13.5 Å². The van der Waals surface area contributed by atoms with Gasteiger partial charge in [-0.2, -0.15) is 5.26 Å². The van der Waals surface area contributed by atoms with E-state index in [1.807, 2.05) is 6.92 Å². The van der Waals surface area contributed by atoms with Gasteiger partial charge in [-0.25, -0.2) is 0 Å². The number of hydrogen-bond donors (Lipinski definition) is 2. The first kappa shape index (κ1) is 12.3. The molecule has 4 nitrogen and oxygen atoms in total. The van der Waals surface area contributed by atoms with Crippen molar-refractivity contribution < 1.29 is 9.84 Å². The van der Waals surface area contributed by atoms with E-state index in [0.29, 0.717) is 18.8 Å². The molecule has 4 heteroatoms. The van der Waals surface area contributed by atoms with Gasteiger partial charge in [0.25, 0.3) is 0 Å². The smallest absolute Gasteiger partial charge is 0.123 e. The number of phenolic OH excluding ortho intramolecular Hbond substituents is 1. The third-order valence-corrected chi connectivity index (χ3v) is 2.28. The average molecular weight is 220 g/mol. The SMILES string of the molecule is COc1ccc(CNCC(C)C#N)c(O)c1. The van der Waals surface area contributed by atoms with E-state index in [2.05, 4.69) is 11.4 Å². The van der Waals surface area contributed by atoms with Crippen LogP contribution in [-0.2, 0) is 6.54 Å². The van der Waals surface area contributed by atoms with E-state index in [1.54, 1.807) is 25.3 Å². The van der Waals surface area contributed by atoms with E-state index in [-0.39, 0.29) is 11.7 Å².